The normalized spacial score (nSPS) is 21.1. The fourth-order valence-corrected chi connectivity index (χ4v) is 4.83. The summed E-state index contributed by atoms with van der Waals surface area (Å²) in [6, 6.07) is 7.64. The van der Waals surface area contributed by atoms with Gasteiger partial charge in [0.25, 0.3) is 5.91 Å². The minimum Gasteiger partial charge on any atom is -0.481 e. The fourth-order valence-electron chi connectivity index (χ4n) is 3.39. The lowest BCUT2D eigenvalue weighted by Crippen LogP contribution is -2.52. The molecule has 2 amide bonds. The molecule has 1 aromatic rings. The Kier molecular flexibility index (Phi) is 5.32. The number of nitrogens with zero attached hydrogens (tertiary/aromatic N) is 1. The molecule has 7 heteroatoms. The summed E-state index contributed by atoms with van der Waals surface area (Å²) in [4.78, 5) is 37.4. The Morgan fingerprint density at radius 3 is 2.76 bits per heavy atom. The van der Waals surface area contributed by atoms with Crippen molar-refractivity contribution in [1.29, 1.82) is 0 Å². The summed E-state index contributed by atoms with van der Waals surface area (Å²) in [6.07, 6.45) is 4.32. The van der Waals surface area contributed by atoms with Gasteiger partial charge in [0.05, 0.1) is 5.69 Å². The van der Waals surface area contributed by atoms with Gasteiger partial charge in [0.1, 0.15) is 0 Å². The lowest BCUT2D eigenvalue weighted by molar-refractivity contribution is -0.137. The number of thioether (sulfide) groups is 1. The van der Waals surface area contributed by atoms with E-state index in [0.717, 1.165) is 29.8 Å². The van der Waals surface area contributed by atoms with E-state index in [1.54, 1.807) is 4.90 Å². The van der Waals surface area contributed by atoms with Crippen molar-refractivity contribution < 1.29 is 19.5 Å². The third-order valence-corrected chi connectivity index (χ3v) is 6.11. The van der Waals surface area contributed by atoms with Crippen LogP contribution in [0.3, 0.4) is 0 Å². The first-order chi connectivity index (χ1) is 12.0. The molecule has 2 aliphatic rings. The maximum absolute atomic E-state index is 12.8. The summed E-state index contributed by atoms with van der Waals surface area (Å²) in [7, 11) is 0. The SMILES string of the molecule is O=C(O)CCCCCCNC(=O)C12CCC(=O)N1c1ccccc1S2. The van der Waals surface area contributed by atoms with E-state index in [-0.39, 0.29) is 18.2 Å². The number of carbonyl (C=O) groups excluding carboxylic acids is 2. The number of amides is 2. The maximum atomic E-state index is 12.8. The molecule has 1 atom stereocenters. The molecule has 2 aliphatic heterocycles. The molecule has 0 saturated carbocycles. The van der Waals surface area contributed by atoms with Crippen LogP contribution in [-0.4, -0.2) is 34.3 Å². The monoisotopic (exact) mass is 362 g/mol. The van der Waals surface area contributed by atoms with Gasteiger partial charge in [-0.3, -0.25) is 19.3 Å². The van der Waals surface area contributed by atoms with Crippen LogP contribution in [0, 0.1) is 0 Å². The molecule has 0 radical (unpaired) electrons. The van der Waals surface area contributed by atoms with Crippen LogP contribution >= 0.6 is 11.8 Å². The van der Waals surface area contributed by atoms with Gasteiger partial charge in [0, 0.05) is 24.3 Å². The van der Waals surface area contributed by atoms with E-state index in [0.29, 0.717) is 25.8 Å². The summed E-state index contributed by atoms with van der Waals surface area (Å²) in [5.74, 6) is -0.873. The molecule has 0 aromatic heterocycles. The van der Waals surface area contributed by atoms with Crippen molar-refractivity contribution >= 4 is 35.2 Å². The van der Waals surface area contributed by atoms with Gasteiger partial charge in [-0.05, 0) is 31.4 Å². The number of benzene rings is 1. The summed E-state index contributed by atoms with van der Waals surface area (Å²) in [5.41, 5.74) is 0.832. The first kappa shape index (κ1) is 17.8. The highest BCUT2D eigenvalue weighted by atomic mass is 32.2. The largest absolute Gasteiger partial charge is 0.481 e. The molecular formula is C18H22N2O4S. The molecule has 0 spiro atoms. The highest BCUT2D eigenvalue weighted by Gasteiger charge is 2.57. The third-order valence-electron chi connectivity index (χ3n) is 4.63. The molecule has 0 bridgehead atoms. The molecule has 134 valence electrons. The Labute approximate surface area is 151 Å². The Morgan fingerprint density at radius 2 is 1.96 bits per heavy atom. The molecule has 1 saturated heterocycles. The van der Waals surface area contributed by atoms with Crippen LogP contribution in [-0.2, 0) is 14.4 Å². The minimum absolute atomic E-state index is 0.00118. The second kappa shape index (κ2) is 7.47. The maximum Gasteiger partial charge on any atom is 0.303 e. The number of nitrogens with one attached hydrogen (secondary N) is 1. The van der Waals surface area contributed by atoms with Crippen LogP contribution in [0.15, 0.2) is 29.2 Å². The van der Waals surface area contributed by atoms with Crippen LogP contribution in [0.5, 0.6) is 0 Å². The number of para-hydroxylation sites is 1. The van der Waals surface area contributed by atoms with Gasteiger partial charge in [-0.1, -0.05) is 36.7 Å². The van der Waals surface area contributed by atoms with E-state index in [4.69, 9.17) is 5.11 Å². The van der Waals surface area contributed by atoms with E-state index in [1.807, 2.05) is 24.3 Å². The second-order valence-electron chi connectivity index (χ2n) is 6.40. The van der Waals surface area contributed by atoms with Crippen molar-refractivity contribution in [2.45, 2.75) is 54.7 Å². The van der Waals surface area contributed by atoms with E-state index in [2.05, 4.69) is 5.32 Å². The molecular weight excluding hydrogens is 340 g/mol. The van der Waals surface area contributed by atoms with Crippen molar-refractivity contribution in [3.05, 3.63) is 24.3 Å². The van der Waals surface area contributed by atoms with E-state index in [1.165, 1.54) is 11.8 Å². The third kappa shape index (κ3) is 3.51. The number of carboxylic acid groups (broad SMARTS) is 1. The van der Waals surface area contributed by atoms with Crippen LogP contribution in [0.2, 0.25) is 0 Å². The number of fused-ring (bicyclic) bond motifs is 3. The van der Waals surface area contributed by atoms with Gasteiger partial charge in [0.2, 0.25) is 5.91 Å². The molecule has 1 fully saturated rings. The van der Waals surface area contributed by atoms with Crippen LogP contribution in [0.25, 0.3) is 0 Å². The predicted molar refractivity (Wildman–Crippen MR) is 95.5 cm³/mol. The smallest absolute Gasteiger partial charge is 0.303 e. The number of unbranched alkanes of at least 4 members (excludes halogenated alkanes) is 3. The fraction of sp³-hybridized carbons (Fsp3) is 0.500. The van der Waals surface area contributed by atoms with Gasteiger partial charge in [0.15, 0.2) is 4.87 Å². The van der Waals surface area contributed by atoms with E-state index in [9.17, 15) is 14.4 Å². The quantitative estimate of drug-likeness (QED) is 0.695. The van der Waals surface area contributed by atoms with Crippen molar-refractivity contribution in [2.24, 2.45) is 0 Å². The Morgan fingerprint density at radius 1 is 1.20 bits per heavy atom. The molecule has 25 heavy (non-hydrogen) atoms. The Bertz CT molecular complexity index is 693. The first-order valence-electron chi connectivity index (χ1n) is 8.66. The average molecular weight is 362 g/mol. The van der Waals surface area contributed by atoms with Gasteiger partial charge in [-0.2, -0.15) is 0 Å². The highest BCUT2D eigenvalue weighted by Crippen LogP contribution is 2.55. The standard InChI is InChI=1S/C18H22N2O4S/c21-15-10-11-18(20(15)13-7-4-5-8-14(13)25-18)17(24)19-12-6-2-1-3-9-16(22)23/h4-5,7-8H,1-3,6,9-12H2,(H,19,24)(H,22,23). The number of anilines is 1. The van der Waals surface area contributed by atoms with E-state index >= 15 is 0 Å². The van der Waals surface area contributed by atoms with Crippen LogP contribution in [0.1, 0.15) is 44.9 Å². The molecule has 1 aromatic carbocycles. The lowest BCUT2D eigenvalue weighted by atomic mass is 10.1. The van der Waals surface area contributed by atoms with Crippen molar-refractivity contribution in [3.8, 4) is 0 Å². The first-order valence-corrected chi connectivity index (χ1v) is 9.47. The van der Waals surface area contributed by atoms with Crippen LogP contribution < -0.4 is 10.2 Å². The topological polar surface area (TPSA) is 86.7 Å². The zero-order chi connectivity index (χ0) is 17.9. The van der Waals surface area contributed by atoms with Gasteiger partial charge >= 0.3 is 5.97 Å². The zero-order valence-corrected chi connectivity index (χ0v) is 14.8. The summed E-state index contributed by atoms with van der Waals surface area (Å²) in [5, 5.41) is 11.6. The Hall–Kier alpha value is -2.02. The minimum atomic E-state index is -0.843. The number of carboxylic acids is 1. The molecule has 2 N–H and O–H groups in total. The molecule has 6 nitrogen and oxygen atoms in total. The predicted octanol–water partition coefficient (Wildman–Crippen LogP) is 2.77. The number of hydrogen-bond donors (Lipinski definition) is 2. The molecule has 3 rings (SSSR count). The van der Waals surface area contributed by atoms with Crippen molar-refractivity contribution in [3.63, 3.8) is 0 Å². The van der Waals surface area contributed by atoms with Crippen LogP contribution in [0.4, 0.5) is 5.69 Å². The van der Waals surface area contributed by atoms with Crippen molar-refractivity contribution in [2.75, 3.05) is 11.4 Å². The number of aliphatic carboxylic acids is 1. The molecule has 0 aliphatic carbocycles. The molecule has 1 unspecified atom stereocenters. The average Bonchev–Trinajstić information content (AvgIpc) is 3.09. The lowest BCUT2D eigenvalue weighted by Gasteiger charge is -2.29. The summed E-state index contributed by atoms with van der Waals surface area (Å²) < 4.78 is 0. The van der Waals surface area contributed by atoms with E-state index < -0.39 is 10.8 Å². The summed E-state index contributed by atoms with van der Waals surface area (Å²) >= 11 is 1.47. The van der Waals surface area contributed by atoms with Crippen molar-refractivity contribution in [1.82, 2.24) is 5.32 Å². The number of hydrogen-bond acceptors (Lipinski definition) is 4. The van der Waals surface area contributed by atoms with Gasteiger partial charge in [-0.25, -0.2) is 0 Å². The number of carbonyl (C=O) groups is 3. The summed E-state index contributed by atoms with van der Waals surface area (Å²) in [6.45, 7) is 0.548. The second-order valence-corrected chi connectivity index (χ2v) is 7.72. The van der Waals surface area contributed by atoms with Gasteiger partial charge in [-0.15, -0.1) is 0 Å². The molecule has 2 heterocycles. The number of rotatable bonds is 8. The van der Waals surface area contributed by atoms with Gasteiger partial charge < -0.3 is 10.4 Å². The Balaban J connectivity index is 1.54. The zero-order valence-electron chi connectivity index (χ0n) is 14.0. The highest BCUT2D eigenvalue weighted by molar-refractivity contribution is 8.02.